The first-order valence-corrected chi connectivity index (χ1v) is 12.3. The van der Waals surface area contributed by atoms with Crippen LogP contribution in [0.15, 0.2) is 58.5 Å². The van der Waals surface area contributed by atoms with Crippen LogP contribution in [0.4, 0.5) is 5.69 Å². The largest absolute Gasteiger partial charge is 0.426 e. The molecule has 4 rings (SSSR count). The van der Waals surface area contributed by atoms with E-state index >= 15 is 0 Å². The van der Waals surface area contributed by atoms with Crippen LogP contribution in [-0.4, -0.2) is 27.7 Å². The van der Waals surface area contributed by atoms with Gasteiger partial charge in [0.25, 0.3) is 6.17 Å². The van der Waals surface area contributed by atoms with Crippen LogP contribution in [0.3, 0.4) is 0 Å². The first kappa shape index (κ1) is 23.7. The topological polar surface area (TPSA) is 96.2 Å². The number of nitrogens with zero attached hydrogens (tertiary/aromatic N) is 3. The molecule has 1 aliphatic heterocycles. The van der Waals surface area contributed by atoms with Crippen LogP contribution in [0.5, 0.6) is 5.75 Å². The smallest absolute Gasteiger partial charge is 0.325 e. The summed E-state index contributed by atoms with van der Waals surface area (Å²) in [5, 5.41) is 5.25. The molecular weight excluding hydrogens is 452 g/mol. The number of hydrogen-bond acceptors (Lipinski definition) is 6. The Hall–Kier alpha value is -3.46. The van der Waals surface area contributed by atoms with E-state index < -0.39 is 12.1 Å². The Bertz CT molecular complexity index is 1290. The van der Waals surface area contributed by atoms with Crippen LogP contribution < -0.4 is 19.9 Å². The fraction of sp³-hybridized carbons (Fsp3) is 0.320. The second-order valence-corrected chi connectivity index (χ2v) is 9.10. The molecule has 0 saturated carbocycles. The van der Waals surface area contributed by atoms with Gasteiger partial charge in [-0.15, -0.1) is 0 Å². The number of thioether (sulfide) groups is 1. The molecule has 2 heterocycles. The summed E-state index contributed by atoms with van der Waals surface area (Å²) in [5.74, 6) is 0.419. The predicted octanol–water partition coefficient (Wildman–Crippen LogP) is 3.85. The van der Waals surface area contributed by atoms with Crippen molar-refractivity contribution < 1.29 is 19.0 Å². The van der Waals surface area contributed by atoms with E-state index in [0.29, 0.717) is 33.4 Å². The molecule has 0 aliphatic carbocycles. The number of ether oxygens (including phenoxy) is 1. The number of esters is 1. The summed E-state index contributed by atoms with van der Waals surface area (Å²) in [4.78, 5) is 42.6. The van der Waals surface area contributed by atoms with Gasteiger partial charge in [0, 0.05) is 24.7 Å². The van der Waals surface area contributed by atoms with E-state index in [9.17, 15) is 14.4 Å². The molecule has 1 N–H and O–H groups in total. The molecule has 1 aliphatic rings. The molecule has 176 valence electrons. The van der Waals surface area contributed by atoms with Gasteiger partial charge in [0.1, 0.15) is 5.75 Å². The molecule has 9 heteroatoms. The fourth-order valence-electron chi connectivity index (χ4n) is 4.12. The molecule has 0 radical (unpaired) electrons. The second-order valence-electron chi connectivity index (χ2n) is 8.02. The minimum absolute atomic E-state index is 0.229. The number of carbonyl (C=O) groups excluding carboxylic acids is 2. The molecule has 1 atom stereocenters. The lowest BCUT2D eigenvalue weighted by Gasteiger charge is -2.31. The molecule has 3 aromatic rings. The van der Waals surface area contributed by atoms with Crippen LogP contribution in [0.25, 0.3) is 11.3 Å². The van der Waals surface area contributed by atoms with Crippen molar-refractivity contribution in [2.24, 2.45) is 0 Å². The van der Waals surface area contributed by atoms with Crippen LogP contribution >= 0.6 is 11.8 Å². The van der Waals surface area contributed by atoms with Crippen LogP contribution in [0, 0.1) is 0 Å². The van der Waals surface area contributed by atoms with E-state index in [1.54, 1.807) is 46.0 Å². The number of carbonyl (C=O) groups is 2. The number of unbranched alkanes of at least 4 members (excludes halogenated alkanes) is 2. The highest BCUT2D eigenvalue weighted by Crippen LogP contribution is 2.39. The van der Waals surface area contributed by atoms with Gasteiger partial charge in [0.2, 0.25) is 11.1 Å². The van der Waals surface area contributed by atoms with Crippen molar-refractivity contribution in [3.8, 4) is 17.0 Å². The molecule has 0 saturated heterocycles. The maximum absolute atomic E-state index is 13.3. The van der Waals surface area contributed by atoms with Gasteiger partial charge in [-0.25, -0.2) is 4.90 Å². The molecule has 8 nitrogen and oxygen atoms in total. The Kier molecular flexibility index (Phi) is 7.12. The summed E-state index contributed by atoms with van der Waals surface area (Å²) in [6.07, 6.45) is 2.39. The summed E-state index contributed by atoms with van der Waals surface area (Å²) in [5.41, 5.74) is 1.80. The van der Waals surface area contributed by atoms with Crippen molar-refractivity contribution in [3.63, 3.8) is 0 Å². The minimum atomic E-state index is -0.810. The van der Waals surface area contributed by atoms with Crippen LogP contribution in [0.1, 0.15) is 51.8 Å². The van der Waals surface area contributed by atoms with Gasteiger partial charge >= 0.3 is 17.2 Å². The number of para-hydroxylation sites is 2. The minimum Gasteiger partial charge on any atom is -0.426 e. The Morgan fingerprint density at radius 2 is 1.85 bits per heavy atom. The molecule has 0 spiro atoms. The standard InChI is InChI=1S/C25H26N4O4S/c1-4-5-10-15-34-25-26-23(32)22-18-11-6-8-13-20(18)28(16(2)30)24(29(22)27-25)19-12-7-9-14-21(19)33-17(3)31/h6-9,11-14,24H,4-5,10,15H2,1-3H3/p+1/t24-/m0/s1. The first-order valence-electron chi connectivity index (χ1n) is 11.3. The number of benzene rings is 2. The third-order valence-corrected chi connectivity index (χ3v) is 6.48. The Labute approximate surface area is 202 Å². The molecule has 0 bridgehead atoms. The number of amides is 1. The maximum atomic E-state index is 13.3. The lowest BCUT2D eigenvalue weighted by atomic mass is 10.0. The molecule has 34 heavy (non-hydrogen) atoms. The van der Waals surface area contributed by atoms with E-state index in [1.165, 1.54) is 25.6 Å². The van der Waals surface area contributed by atoms with Crippen molar-refractivity contribution in [2.45, 2.75) is 51.4 Å². The number of fused-ring (bicyclic) bond motifs is 3. The number of H-pyrrole nitrogens is 1. The highest BCUT2D eigenvalue weighted by atomic mass is 32.2. The lowest BCUT2D eigenvalue weighted by molar-refractivity contribution is -0.763. The summed E-state index contributed by atoms with van der Waals surface area (Å²) < 4.78 is 7.05. The molecular formula is C25H27N4O4S+. The summed E-state index contributed by atoms with van der Waals surface area (Å²) in [6, 6.07) is 14.2. The zero-order chi connectivity index (χ0) is 24.2. The number of anilines is 1. The van der Waals surface area contributed by atoms with Gasteiger partial charge in [-0.05, 0) is 35.4 Å². The van der Waals surface area contributed by atoms with Crippen molar-refractivity contribution >= 4 is 29.3 Å². The van der Waals surface area contributed by atoms with Gasteiger partial charge < -0.3 is 4.74 Å². The van der Waals surface area contributed by atoms with Gasteiger partial charge in [-0.3, -0.25) is 19.4 Å². The SMILES string of the molecule is CCCCCSc1n[n+]2c(c(=O)[nH]1)-c1ccccc1N(C(C)=O)[C@@H]2c1ccccc1OC(C)=O. The predicted molar refractivity (Wildman–Crippen MR) is 130 cm³/mol. The number of aromatic amines is 1. The van der Waals surface area contributed by atoms with Gasteiger partial charge in [0.05, 0.1) is 16.8 Å². The third-order valence-electron chi connectivity index (χ3n) is 5.53. The highest BCUT2D eigenvalue weighted by Gasteiger charge is 2.46. The van der Waals surface area contributed by atoms with Crippen molar-refractivity contribution in [3.05, 3.63) is 64.4 Å². The average molecular weight is 480 g/mol. The zero-order valence-electron chi connectivity index (χ0n) is 19.4. The normalized spacial score (nSPS) is 14.3. The molecule has 0 unspecified atom stereocenters. The molecule has 0 fully saturated rings. The number of hydrogen-bond donors (Lipinski definition) is 1. The van der Waals surface area contributed by atoms with E-state index in [-0.39, 0.29) is 11.5 Å². The lowest BCUT2D eigenvalue weighted by Crippen LogP contribution is -2.60. The van der Waals surface area contributed by atoms with Crippen LogP contribution in [0.2, 0.25) is 0 Å². The maximum Gasteiger partial charge on any atom is 0.325 e. The van der Waals surface area contributed by atoms with Crippen molar-refractivity contribution in [1.29, 1.82) is 0 Å². The monoisotopic (exact) mass is 479 g/mol. The van der Waals surface area contributed by atoms with E-state index in [4.69, 9.17) is 9.84 Å². The van der Waals surface area contributed by atoms with Gasteiger partial charge in [-0.1, -0.05) is 55.8 Å². The second kappa shape index (κ2) is 10.2. The summed E-state index contributed by atoms with van der Waals surface area (Å²) in [6.45, 7) is 4.93. The third kappa shape index (κ3) is 4.61. The van der Waals surface area contributed by atoms with Crippen LogP contribution in [-0.2, 0) is 9.59 Å². The summed E-state index contributed by atoms with van der Waals surface area (Å²) in [7, 11) is 0. The Balaban J connectivity index is 1.95. The summed E-state index contributed by atoms with van der Waals surface area (Å²) >= 11 is 1.47. The highest BCUT2D eigenvalue weighted by molar-refractivity contribution is 7.99. The quantitative estimate of drug-likeness (QED) is 0.182. The number of nitrogens with one attached hydrogen (secondary N) is 1. The first-order chi connectivity index (χ1) is 16.4. The van der Waals surface area contributed by atoms with E-state index in [0.717, 1.165) is 25.0 Å². The Morgan fingerprint density at radius 3 is 2.59 bits per heavy atom. The van der Waals surface area contributed by atoms with E-state index in [2.05, 4.69) is 11.9 Å². The zero-order valence-corrected chi connectivity index (χ0v) is 20.2. The van der Waals surface area contributed by atoms with E-state index in [1.807, 2.05) is 12.1 Å². The van der Waals surface area contributed by atoms with Gasteiger partial charge in [-0.2, -0.15) is 0 Å². The number of rotatable bonds is 7. The van der Waals surface area contributed by atoms with Gasteiger partial charge in [0.15, 0.2) is 0 Å². The van der Waals surface area contributed by atoms with Crippen molar-refractivity contribution in [1.82, 2.24) is 10.1 Å². The average Bonchev–Trinajstić information content (AvgIpc) is 2.80. The molecule has 1 aromatic heterocycles. The fourth-order valence-corrected chi connectivity index (χ4v) is 4.97. The Morgan fingerprint density at radius 1 is 1.12 bits per heavy atom. The molecule has 1 amide bonds. The molecule has 2 aromatic carbocycles. The van der Waals surface area contributed by atoms with Crippen molar-refractivity contribution in [2.75, 3.05) is 10.7 Å². The number of aromatic nitrogens is 3.